The Labute approximate surface area is 118 Å². The summed E-state index contributed by atoms with van der Waals surface area (Å²) in [5.41, 5.74) is 3.16. The third-order valence-electron chi connectivity index (χ3n) is 3.15. The Kier molecular flexibility index (Phi) is 5.05. The van der Waals surface area contributed by atoms with Gasteiger partial charge in [0.1, 0.15) is 6.10 Å². The van der Waals surface area contributed by atoms with Gasteiger partial charge < -0.3 is 5.11 Å². The summed E-state index contributed by atoms with van der Waals surface area (Å²) in [5, 5.41) is 14.5. The molecule has 2 rings (SSSR count). The Morgan fingerprint density at radius 2 is 1.79 bits per heavy atom. The van der Waals surface area contributed by atoms with Crippen molar-refractivity contribution in [2.24, 2.45) is 0 Å². The summed E-state index contributed by atoms with van der Waals surface area (Å²) in [6, 6.07) is 8.20. The molecule has 102 valence electrons. The molecule has 19 heavy (non-hydrogen) atoms. The first-order valence-corrected chi connectivity index (χ1v) is 7.61. The SMILES string of the molecule is CCCc1ccc(C(O)c2snnc2CCC)cc1. The highest BCUT2D eigenvalue weighted by Crippen LogP contribution is 2.27. The van der Waals surface area contributed by atoms with Crippen molar-refractivity contribution in [3.8, 4) is 0 Å². The molecule has 0 fully saturated rings. The van der Waals surface area contributed by atoms with Crippen LogP contribution in [-0.2, 0) is 12.8 Å². The number of aromatic nitrogens is 2. The van der Waals surface area contributed by atoms with E-state index in [1.807, 2.05) is 12.1 Å². The molecule has 0 radical (unpaired) electrons. The van der Waals surface area contributed by atoms with E-state index in [0.29, 0.717) is 0 Å². The van der Waals surface area contributed by atoms with E-state index in [4.69, 9.17) is 0 Å². The first kappa shape index (κ1) is 14.2. The third-order valence-corrected chi connectivity index (χ3v) is 3.97. The topological polar surface area (TPSA) is 46.0 Å². The highest BCUT2D eigenvalue weighted by atomic mass is 32.1. The van der Waals surface area contributed by atoms with E-state index in [2.05, 4.69) is 35.6 Å². The van der Waals surface area contributed by atoms with E-state index < -0.39 is 6.10 Å². The van der Waals surface area contributed by atoms with Gasteiger partial charge in [-0.2, -0.15) is 0 Å². The van der Waals surface area contributed by atoms with E-state index in [0.717, 1.165) is 41.8 Å². The summed E-state index contributed by atoms with van der Waals surface area (Å²) in [6.07, 6.45) is 3.51. The van der Waals surface area contributed by atoms with Gasteiger partial charge in [-0.05, 0) is 35.5 Å². The molecule has 3 nitrogen and oxygen atoms in total. The van der Waals surface area contributed by atoms with Gasteiger partial charge in [-0.3, -0.25) is 0 Å². The van der Waals surface area contributed by atoms with Gasteiger partial charge in [0, 0.05) is 0 Å². The molecule has 0 amide bonds. The van der Waals surface area contributed by atoms with Crippen molar-refractivity contribution < 1.29 is 5.11 Å². The van der Waals surface area contributed by atoms with Crippen LogP contribution in [0, 0.1) is 0 Å². The molecule has 0 saturated carbocycles. The highest BCUT2D eigenvalue weighted by molar-refractivity contribution is 7.05. The van der Waals surface area contributed by atoms with Crippen LogP contribution in [0.25, 0.3) is 0 Å². The molecular weight excluding hydrogens is 256 g/mol. The van der Waals surface area contributed by atoms with Crippen molar-refractivity contribution in [1.82, 2.24) is 9.59 Å². The molecule has 1 heterocycles. The standard InChI is InChI=1S/C15H20N2OS/c1-3-5-11-7-9-12(10-8-11)14(18)15-13(6-4-2)16-17-19-15/h7-10,14,18H,3-6H2,1-2H3. The first-order valence-electron chi connectivity index (χ1n) is 6.84. The van der Waals surface area contributed by atoms with Crippen molar-refractivity contribution in [2.75, 3.05) is 0 Å². The molecule has 4 heteroatoms. The first-order chi connectivity index (χ1) is 9.26. The van der Waals surface area contributed by atoms with Crippen LogP contribution < -0.4 is 0 Å². The van der Waals surface area contributed by atoms with Gasteiger partial charge in [0.05, 0.1) is 10.6 Å². The Bertz CT molecular complexity index is 507. The minimum atomic E-state index is -0.600. The van der Waals surface area contributed by atoms with E-state index in [1.165, 1.54) is 17.1 Å². The molecule has 1 N–H and O–H groups in total. The number of rotatable bonds is 6. The number of benzene rings is 1. The maximum atomic E-state index is 10.4. The molecule has 1 aromatic carbocycles. The van der Waals surface area contributed by atoms with Crippen LogP contribution in [0.4, 0.5) is 0 Å². The lowest BCUT2D eigenvalue weighted by Crippen LogP contribution is -2.01. The largest absolute Gasteiger partial charge is 0.383 e. The Hall–Kier alpha value is -1.26. The van der Waals surface area contributed by atoms with Gasteiger partial charge >= 0.3 is 0 Å². The molecule has 1 unspecified atom stereocenters. The zero-order valence-electron chi connectivity index (χ0n) is 11.5. The fraction of sp³-hybridized carbons (Fsp3) is 0.467. The zero-order valence-corrected chi connectivity index (χ0v) is 12.3. The highest BCUT2D eigenvalue weighted by Gasteiger charge is 2.18. The van der Waals surface area contributed by atoms with Crippen LogP contribution in [0.1, 0.15) is 54.5 Å². The van der Waals surface area contributed by atoms with Crippen molar-refractivity contribution in [2.45, 2.75) is 45.6 Å². The normalized spacial score (nSPS) is 12.6. The van der Waals surface area contributed by atoms with Gasteiger partial charge in [0.25, 0.3) is 0 Å². The zero-order chi connectivity index (χ0) is 13.7. The van der Waals surface area contributed by atoms with E-state index in [9.17, 15) is 5.11 Å². The predicted molar refractivity (Wildman–Crippen MR) is 78.4 cm³/mol. The van der Waals surface area contributed by atoms with Gasteiger partial charge in [-0.25, -0.2) is 0 Å². The van der Waals surface area contributed by atoms with Gasteiger partial charge in [0.2, 0.25) is 0 Å². The molecule has 0 saturated heterocycles. The van der Waals surface area contributed by atoms with Crippen molar-refractivity contribution in [3.05, 3.63) is 46.0 Å². The quantitative estimate of drug-likeness (QED) is 0.878. The summed E-state index contributed by atoms with van der Waals surface area (Å²) < 4.78 is 3.97. The van der Waals surface area contributed by atoms with Crippen LogP contribution in [-0.4, -0.2) is 14.7 Å². The van der Waals surface area contributed by atoms with E-state index in [1.54, 1.807) is 0 Å². The Morgan fingerprint density at radius 1 is 1.11 bits per heavy atom. The fourth-order valence-corrected chi connectivity index (χ4v) is 2.85. The second-order valence-corrected chi connectivity index (χ2v) is 5.51. The second-order valence-electron chi connectivity index (χ2n) is 4.73. The molecule has 2 aromatic rings. The molecule has 0 bridgehead atoms. The second kappa shape index (κ2) is 6.78. The lowest BCUT2D eigenvalue weighted by Gasteiger charge is -2.10. The molecule has 0 aliphatic rings. The summed E-state index contributed by atoms with van der Waals surface area (Å²) in [5.74, 6) is 0. The maximum absolute atomic E-state index is 10.4. The van der Waals surface area contributed by atoms with Crippen LogP contribution >= 0.6 is 11.5 Å². The number of aliphatic hydroxyl groups is 1. The van der Waals surface area contributed by atoms with E-state index in [-0.39, 0.29) is 0 Å². The molecule has 0 spiro atoms. The molecule has 0 aliphatic carbocycles. The van der Waals surface area contributed by atoms with Crippen LogP contribution in [0.3, 0.4) is 0 Å². The van der Waals surface area contributed by atoms with Gasteiger partial charge in [-0.15, -0.1) is 5.10 Å². The number of hydrogen-bond donors (Lipinski definition) is 1. The van der Waals surface area contributed by atoms with Crippen LogP contribution in [0.15, 0.2) is 24.3 Å². The smallest absolute Gasteiger partial charge is 0.117 e. The third kappa shape index (κ3) is 3.39. The van der Waals surface area contributed by atoms with Crippen molar-refractivity contribution >= 4 is 11.5 Å². The predicted octanol–water partition coefficient (Wildman–Crippen LogP) is 3.52. The Morgan fingerprint density at radius 3 is 2.42 bits per heavy atom. The van der Waals surface area contributed by atoms with Crippen molar-refractivity contribution in [3.63, 3.8) is 0 Å². The molecule has 1 atom stereocenters. The monoisotopic (exact) mass is 276 g/mol. The minimum Gasteiger partial charge on any atom is -0.383 e. The number of nitrogens with zero attached hydrogens (tertiary/aromatic N) is 2. The molecular formula is C15H20N2OS. The molecule has 0 aliphatic heterocycles. The van der Waals surface area contributed by atoms with E-state index >= 15 is 0 Å². The fourth-order valence-electron chi connectivity index (χ4n) is 2.14. The lowest BCUT2D eigenvalue weighted by molar-refractivity contribution is 0.222. The Balaban J connectivity index is 2.18. The number of hydrogen-bond acceptors (Lipinski definition) is 4. The number of aryl methyl sites for hydroxylation is 2. The van der Waals surface area contributed by atoms with Crippen LogP contribution in [0.5, 0.6) is 0 Å². The number of aliphatic hydroxyl groups excluding tert-OH is 1. The van der Waals surface area contributed by atoms with Gasteiger partial charge in [0.15, 0.2) is 0 Å². The van der Waals surface area contributed by atoms with Crippen LogP contribution in [0.2, 0.25) is 0 Å². The average Bonchev–Trinajstić information content (AvgIpc) is 2.88. The summed E-state index contributed by atoms with van der Waals surface area (Å²) in [6.45, 7) is 4.28. The maximum Gasteiger partial charge on any atom is 0.117 e. The lowest BCUT2D eigenvalue weighted by atomic mass is 10.0. The van der Waals surface area contributed by atoms with Crippen molar-refractivity contribution in [1.29, 1.82) is 0 Å². The summed E-state index contributed by atoms with van der Waals surface area (Å²) >= 11 is 1.30. The average molecular weight is 276 g/mol. The van der Waals surface area contributed by atoms with Gasteiger partial charge in [-0.1, -0.05) is 55.4 Å². The molecule has 1 aromatic heterocycles. The summed E-state index contributed by atoms with van der Waals surface area (Å²) in [4.78, 5) is 0.880. The minimum absolute atomic E-state index is 0.600. The summed E-state index contributed by atoms with van der Waals surface area (Å²) in [7, 11) is 0.